The van der Waals surface area contributed by atoms with Crippen LogP contribution < -0.4 is 0 Å². The van der Waals surface area contributed by atoms with Crippen LogP contribution in [-0.4, -0.2) is 73.1 Å². The zero-order chi connectivity index (χ0) is 27.9. The highest BCUT2D eigenvalue weighted by molar-refractivity contribution is 6.10. The molecule has 1 aromatic carbocycles. The first-order valence-corrected chi connectivity index (χ1v) is 12.8. The predicted octanol–water partition coefficient (Wildman–Crippen LogP) is 4.87. The molecule has 4 rings (SSSR count). The number of amides is 2. The molecule has 2 amide bonds. The van der Waals surface area contributed by atoms with Crippen molar-refractivity contribution < 1.29 is 23.5 Å². The lowest BCUT2D eigenvalue weighted by Crippen LogP contribution is -2.54. The molecule has 1 saturated heterocycles. The molecule has 0 bridgehead atoms. The van der Waals surface area contributed by atoms with Gasteiger partial charge in [0.2, 0.25) is 0 Å². The Bertz CT molecular complexity index is 1380. The van der Waals surface area contributed by atoms with Crippen molar-refractivity contribution in [2.24, 2.45) is 5.92 Å². The van der Waals surface area contributed by atoms with Crippen molar-refractivity contribution in [1.29, 1.82) is 0 Å². The van der Waals surface area contributed by atoms with Crippen LogP contribution >= 0.6 is 0 Å². The van der Waals surface area contributed by atoms with Gasteiger partial charge in [-0.1, -0.05) is 0 Å². The minimum Gasteiger partial charge on any atom is -0.444 e. The molecule has 9 nitrogen and oxygen atoms in total. The number of halogens is 1. The SMILES string of the molecule is CC(C)N(C(=O)c1cc(F)ccc1-n1cc(C(=O)C2CN(C(=O)OC(C)(C)C)C2)c2ccnnc21)C(C)C. The van der Waals surface area contributed by atoms with E-state index >= 15 is 0 Å². The van der Waals surface area contributed by atoms with Crippen molar-refractivity contribution in [3.8, 4) is 5.69 Å². The third-order valence-electron chi connectivity index (χ3n) is 6.44. The normalized spacial score (nSPS) is 14.2. The molecule has 202 valence electrons. The quantitative estimate of drug-likeness (QED) is 0.428. The lowest BCUT2D eigenvalue weighted by molar-refractivity contribution is 0.00149. The van der Waals surface area contributed by atoms with Crippen molar-refractivity contribution >= 4 is 28.8 Å². The molecule has 2 aromatic heterocycles. The van der Waals surface area contributed by atoms with Crippen LogP contribution in [0.1, 0.15) is 69.2 Å². The van der Waals surface area contributed by atoms with E-state index in [4.69, 9.17) is 4.74 Å². The summed E-state index contributed by atoms with van der Waals surface area (Å²) in [5.41, 5.74) is 0.713. The molecule has 0 atom stereocenters. The molecule has 0 spiro atoms. The van der Waals surface area contributed by atoms with E-state index in [1.54, 1.807) is 42.5 Å². The number of ketones is 1. The van der Waals surface area contributed by atoms with Gasteiger partial charge in [0.1, 0.15) is 11.4 Å². The van der Waals surface area contributed by atoms with E-state index in [1.165, 1.54) is 29.3 Å². The summed E-state index contributed by atoms with van der Waals surface area (Å²) in [6.45, 7) is 13.5. The minimum atomic E-state index is -0.622. The van der Waals surface area contributed by atoms with Crippen LogP contribution in [0.2, 0.25) is 0 Å². The summed E-state index contributed by atoms with van der Waals surface area (Å²) >= 11 is 0. The summed E-state index contributed by atoms with van der Waals surface area (Å²) in [5, 5.41) is 8.79. The third-order valence-corrected chi connectivity index (χ3v) is 6.44. The van der Waals surface area contributed by atoms with Gasteiger partial charge in [-0.2, -0.15) is 5.10 Å². The summed E-state index contributed by atoms with van der Waals surface area (Å²) in [7, 11) is 0. The first-order valence-electron chi connectivity index (χ1n) is 12.8. The monoisotopic (exact) mass is 523 g/mol. The summed E-state index contributed by atoms with van der Waals surface area (Å²) in [4.78, 5) is 42.6. The van der Waals surface area contributed by atoms with E-state index in [1.807, 2.05) is 27.7 Å². The van der Waals surface area contributed by atoms with Crippen molar-refractivity contribution in [3.63, 3.8) is 0 Å². The van der Waals surface area contributed by atoms with Gasteiger partial charge < -0.3 is 14.5 Å². The van der Waals surface area contributed by atoms with Gasteiger partial charge >= 0.3 is 6.09 Å². The van der Waals surface area contributed by atoms with Crippen LogP contribution in [0.3, 0.4) is 0 Å². The smallest absolute Gasteiger partial charge is 0.410 e. The fourth-order valence-electron chi connectivity index (χ4n) is 4.79. The van der Waals surface area contributed by atoms with Gasteiger partial charge in [0.05, 0.1) is 23.4 Å². The maximum absolute atomic E-state index is 14.4. The van der Waals surface area contributed by atoms with Crippen molar-refractivity contribution in [2.75, 3.05) is 13.1 Å². The molecule has 1 aliphatic heterocycles. The second-order valence-corrected chi connectivity index (χ2v) is 11.2. The Balaban J connectivity index is 1.71. The third kappa shape index (κ3) is 5.25. The van der Waals surface area contributed by atoms with Gasteiger partial charge in [-0.05, 0) is 72.7 Å². The average molecular weight is 524 g/mol. The predicted molar refractivity (Wildman–Crippen MR) is 141 cm³/mol. The number of Topliss-reactive ketones (excluding diaryl/α,β-unsaturated/α-hetero) is 1. The van der Waals surface area contributed by atoms with Crippen LogP contribution in [0.5, 0.6) is 0 Å². The second-order valence-electron chi connectivity index (χ2n) is 11.2. The molecule has 0 N–H and O–H groups in total. The van der Waals surface area contributed by atoms with E-state index in [2.05, 4.69) is 10.2 Å². The number of fused-ring (bicyclic) bond motifs is 1. The topological polar surface area (TPSA) is 97.6 Å². The van der Waals surface area contributed by atoms with E-state index in [-0.39, 0.29) is 42.4 Å². The largest absolute Gasteiger partial charge is 0.444 e. The maximum atomic E-state index is 14.4. The average Bonchev–Trinajstić information content (AvgIpc) is 3.16. The van der Waals surface area contributed by atoms with Gasteiger partial charge in [-0.25, -0.2) is 9.18 Å². The highest BCUT2D eigenvalue weighted by Gasteiger charge is 2.39. The minimum absolute atomic E-state index is 0.108. The molecule has 0 aliphatic carbocycles. The molecule has 10 heteroatoms. The molecule has 0 saturated carbocycles. The lowest BCUT2D eigenvalue weighted by Gasteiger charge is -2.38. The van der Waals surface area contributed by atoms with Gasteiger partial charge in [0, 0.05) is 42.3 Å². The molecule has 0 radical (unpaired) electrons. The number of hydrogen-bond donors (Lipinski definition) is 0. The first kappa shape index (κ1) is 27.2. The Kier molecular flexibility index (Phi) is 7.27. The molecular weight excluding hydrogens is 489 g/mol. The van der Waals surface area contributed by atoms with Crippen molar-refractivity contribution in [2.45, 2.75) is 66.2 Å². The van der Waals surface area contributed by atoms with Gasteiger partial charge in [-0.15, -0.1) is 5.10 Å². The number of benzene rings is 1. The Morgan fingerprint density at radius 2 is 1.71 bits per heavy atom. The fourth-order valence-corrected chi connectivity index (χ4v) is 4.79. The highest BCUT2D eigenvalue weighted by Crippen LogP contribution is 2.31. The van der Waals surface area contributed by atoms with Crippen LogP contribution in [0.15, 0.2) is 36.7 Å². The number of nitrogens with zero attached hydrogens (tertiary/aromatic N) is 5. The lowest BCUT2D eigenvalue weighted by atomic mass is 9.91. The van der Waals surface area contributed by atoms with Crippen molar-refractivity contribution in [1.82, 2.24) is 24.6 Å². The van der Waals surface area contributed by atoms with E-state index in [9.17, 15) is 18.8 Å². The fraction of sp³-hybridized carbons (Fsp3) is 0.464. The number of ether oxygens (including phenoxy) is 1. The Labute approximate surface area is 221 Å². The maximum Gasteiger partial charge on any atom is 0.410 e. The number of carbonyl (C=O) groups is 3. The molecule has 38 heavy (non-hydrogen) atoms. The van der Waals surface area contributed by atoms with E-state index in [0.29, 0.717) is 22.3 Å². The van der Waals surface area contributed by atoms with Gasteiger partial charge in [-0.3, -0.25) is 14.2 Å². The molecule has 1 aliphatic rings. The summed E-state index contributed by atoms with van der Waals surface area (Å²) in [6.07, 6.45) is 2.66. The number of carbonyl (C=O) groups excluding carboxylic acids is 3. The van der Waals surface area contributed by atoms with Crippen molar-refractivity contribution in [3.05, 3.63) is 53.6 Å². The molecule has 0 unspecified atom stereocenters. The second kappa shape index (κ2) is 10.2. The molecule has 1 fully saturated rings. The summed E-state index contributed by atoms with van der Waals surface area (Å²) in [6, 6.07) is 5.47. The van der Waals surface area contributed by atoms with Gasteiger partial charge in [0.15, 0.2) is 11.4 Å². The van der Waals surface area contributed by atoms with Crippen LogP contribution in [0.25, 0.3) is 16.7 Å². The van der Waals surface area contributed by atoms with Crippen LogP contribution in [-0.2, 0) is 4.74 Å². The zero-order valence-electron chi connectivity index (χ0n) is 22.9. The number of hydrogen-bond acceptors (Lipinski definition) is 6. The number of likely N-dealkylation sites (tertiary alicyclic amines) is 1. The Morgan fingerprint density at radius 1 is 1.05 bits per heavy atom. The standard InChI is InChI=1S/C28H34FN5O4/c1-16(2)34(17(3)4)26(36)21-12-19(29)8-9-23(21)33-15-22(20-10-11-30-31-25(20)33)24(35)18-13-32(14-18)27(37)38-28(5,6)7/h8-12,15-18H,13-14H2,1-7H3. The van der Waals surface area contributed by atoms with Crippen LogP contribution in [0.4, 0.5) is 9.18 Å². The summed E-state index contributed by atoms with van der Waals surface area (Å²) in [5.74, 6) is -1.42. The number of rotatable bonds is 6. The van der Waals surface area contributed by atoms with Gasteiger partial charge in [0.25, 0.3) is 5.91 Å². The number of aromatic nitrogens is 3. The highest BCUT2D eigenvalue weighted by atomic mass is 19.1. The Morgan fingerprint density at radius 3 is 2.32 bits per heavy atom. The van der Waals surface area contributed by atoms with E-state index in [0.717, 1.165) is 0 Å². The van der Waals surface area contributed by atoms with Crippen LogP contribution in [0, 0.1) is 11.7 Å². The molecule has 3 heterocycles. The molecule has 3 aromatic rings. The molecular formula is C28H34FN5O4. The van der Waals surface area contributed by atoms with E-state index < -0.39 is 23.4 Å². The summed E-state index contributed by atoms with van der Waals surface area (Å²) < 4.78 is 21.4. The zero-order valence-corrected chi connectivity index (χ0v) is 22.9. The first-order chi connectivity index (χ1) is 17.8. The Hall–Kier alpha value is -3.82.